The second kappa shape index (κ2) is 7.12. The zero-order chi connectivity index (χ0) is 11.8. The lowest BCUT2D eigenvalue weighted by Crippen LogP contribution is -2.11. The number of rotatable bonds is 7. The van der Waals surface area contributed by atoms with E-state index in [9.17, 15) is 0 Å². The van der Waals surface area contributed by atoms with E-state index >= 15 is 0 Å². The topological polar surface area (TPSA) is 30.5 Å². The van der Waals surface area contributed by atoms with Crippen LogP contribution in [0.15, 0.2) is 18.2 Å². The second-order valence-electron chi connectivity index (χ2n) is 3.68. The van der Waals surface area contributed by atoms with Gasteiger partial charge in [-0.25, -0.2) is 0 Å². The van der Waals surface area contributed by atoms with Crippen molar-refractivity contribution >= 4 is 0 Å². The van der Waals surface area contributed by atoms with Gasteiger partial charge in [-0.2, -0.15) is 0 Å². The van der Waals surface area contributed by atoms with E-state index in [4.69, 9.17) is 9.47 Å². The predicted molar refractivity (Wildman–Crippen MR) is 66.4 cm³/mol. The summed E-state index contributed by atoms with van der Waals surface area (Å²) in [5.41, 5.74) is 1.19. The number of hydrogen-bond acceptors (Lipinski definition) is 3. The maximum Gasteiger partial charge on any atom is 0.122 e. The molecule has 0 bridgehead atoms. The third-order valence-electron chi connectivity index (χ3n) is 2.37. The summed E-state index contributed by atoms with van der Waals surface area (Å²) in [4.78, 5) is 0. The van der Waals surface area contributed by atoms with Gasteiger partial charge in [0, 0.05) is 0 Å². The summed E-state index contributed by atoms with van der Waals surface area (Å²) in [6.07, 6.45) is 1.97. The third-order valence-corrected chi connectivity index (χ3v) is 2.37. The molecule has 0 atom stereocenters. The minimum Gasteiger partial charge on any atom is -0.496 e. The molecular formula is C13H21NO2. The van der Waals surface area contributed by atoms with Crippen molar-refractivity contribution in [3.8, 4) is 11.5 Å². The van der Waals surface area contributed by atoms with Gasteiger partial charge in [0.25, 0.3) is 0 Å². The number of nitrogens with one attached hydrogen (secondary N) is 1. The van der Waals surface area contributed by atoms with E-state index in [1.54, 1.807) is 7.11 Å². The first kappa shape index (κ1) is 12.8. The Balaban J connectivity index is 2.74. The van der Waals surface area contributed by atoms with Crippen molar-refractivity contribution in [1.82, 2.24) is 5.32 Å². The minimum atomic E-state index is 0.762. The third kappa shape index (κ3) is 3.74. The van der Waals surface area contributed by atoms with Crippen molar-refractivity contribution in [1.29, 1.82) is 0 Å². The molecule has 1 aromatic carbocycles. The van der Waals surface area contributed by atoms with Crippen molar-refractivity contribution in [3.63, 3.8) is 0 Å². The summed E-state index contributed by atoms with van der Waals surface area (Å²) in [6.45, 7) is 3.80. The first-order chi connectivity index (χ1) is 7.81. The van der Waals surface area contributed by atoms with E-state index in [1.165, 1.54) is 5.56 Å². The van der Waals surface area contributed by atoms with Gasteiger partial charge in [-0.3, -0.25) is 0 Å². The van der Waals surface area contributed by atoms with Crippen LogP contribution in [0, 0.1) is 0 Å². The van der Waals surface area contributed by atoms with Crippen LogP contribution in [-0.2, 0) is 6.42 Å². The molecule has 0 aliphatic carbocycles. The van der Waals surface area contributed by atoms with Crippen LogP contribution >= 0.6 is 0 Å². The molecule has 0 saturated carbocycles. The van der Waals surface area contributed by atoms with Crippen LogP contribution in [0.1, 0.15) is 18.9 Å². The molecule has 1 N–H and O–H groups in total. The van der Waals surface area contributed by atoms with Crippen molar-refractivity contribution < 1.29 is 9.47 Å². The van der Waals surface area contributed by atoms with Crippen LogP contribution < -0.4 is 14.8 Å². The van der Waals surface area contributed by atoms with Crippen LogP contribution in [0.4, 0.5) is 0 Å². The monoisotopic (exact) mass is 223 g/mol. The molecule has 0 heterocycles. The lowest BCUT2D eigenvalue weighted by Gasteiger charge is -2.11. The van der Waals surface area contributed by atoms with Crippen LogP contribution in [0.3, 0.4) is 0 Å². The van der Waals surface area contributed by atoms with Gasteiger partial charge in [0.1, 0.15) is 11.5 Å². The van der Waals surface area contributed by atoms with Crippen molar-refractivity contribution in [2.75, 3.05) is 27.3 Å². The largest absolute Gasteiger partial charge is 0.496 e. The Kier molecular flexibility index (Phi) is 5.72. The number of benzene rings is 1. The quantitative estimate of drug-likeness (QED) is 0.769. The van der Waals surface area contributed by atoms with E-state index < -0.39 is 0 Å². The summed E-state index contributed by atoms with van der Waals surface area (Å²) >= 11 is 0. The maximum absolute atomic E-state index is 5.60. The fourth-order valence-electron chi connectivity index (χ4n) is 1.52. The fraction of sp³-hybridized carbons (Fsp3) is 0.538. The highest BCUT2D eigenvalue weighted by molar-refractivity contribution is 5.40. The molecule has 0 radical (unpaired) electrons. The highest BCUT2D eigenvalue weighted by Crippen LogP contribution is 2.24. The zero-order valence-electron chi connectivity index (χ0n) is 10.4. The molecule has 1 rings (SSSR count). The van der Waals surface area contributed by atoms with Gasteiger partial charge in [0.2, 0.25) is 0 Å². The Labute approximate surface area is 97.8 Å². The summed E-state index contributed by atoms with van der Waals surface area (Å²) in [6, 6.07) is 5.99. The molecular weight excluding hydrogens is 202 g/mol. The first-order valence-electron chi connectivity index (χ1n) is 5.76. The van der Waals surface area contributed by atoms with Crippen LogP contribution in [0.2, 0.25) is 0 Å². The van der Waals surface area contributed by atoms with Gasteiger partial charge in [0.05, 0.1) is 13.7 Å². The molecule has 0 fully saturated rings. The maximum atomic E-state index is 5.60. The number of ether oxygens (including phenoxy) is 2. The molecule has 0 spiro atoms. The van der Waals surface area contributed by atoms with Crippen LogP contribution in [-0.4, -0.2) is 27.3 Å². The van der Waals surface area contributed by atoms with Gasteiger partial charge in [-0.1, -0.05) is 6.92 Å². The highest BCUT2D eigenvalue weighted by atomic mass is 16.5. The molecule has 90 valence electrons. The van der Waals surface area contributed by atoms with Gasteiger partial charge in [0.15, 0.2) is 0 Å². The molecule has 0 amide bonds. The highest BCUT2D eigenvalue weighted by Gasteiger charge is 2.04. The summed E-state index contributed by atoms with van der Waals surface area (Å²) in [5.74, 6) is 1.85. The second-order valence-corrected chi connectivity index (χ2v) is 3.68. The van der Waals surface area contributed by atoms with E-state index in [1.807, 2.05) is 19.2 Å². The molecule has 0 aromatic heterocycles. The molecule has 0 aliphatic heterocycles. The summed E-state index contributed by atoms with van der Waals surface area (Å²) in [5, 5.41) is 3.13. The number of likely N-dealkylation sites (N-methyl/N-ethyl adjacent to an activating group) is 1. The Bertz CT molecular complexity index is 313. The zero-order valence-corrected chi connectivity index (χ0v) is 10.4. The van der Waals surface area contributed by atoms with Crippen LogP contribution in [0.25, 0.3) is 0 Å². The smallest absolute Gasteiger partial charge is 0.122 e. The number of hydrogen-bond donors (Lipinski definition) is 1. The van der Waals surface area contributed by atoms with E-state index in [-0.39, 0.29) is 0 Å². The molecule has 0 unspecified atom stereocenters. The van der Waals surface area contributed by atoms with E-state index in [0.29, 0.717) is 0 Å². The number of methoxy groups -OCH3 is 1. The minimum absolute atomic E-state index is 0.762. The lowest BCUT2D eigenvalue weighted by atomic mass is 10.1. The molecule has 0 aliphatic rings. The summed E-state index contributed by atoms with van der Waals surface area (Å²) in [7, 11) is 3.65. The molecule has 3 nitrogen and oxygen atoms in total. The Hall–Kier alpha value is -1.22. The predicted octanol–water partition coefficient (Wildman–Crippen LogP) is 2.25. The molecule has 16 heavy (non-hydrogen) atoms. The SMILES string of the molecule is CCCOc1ccc(OC)c(CCNC)c1. The Morgan fingerprint density at radius 2 is 2.12 bits per heavy atom. The molecule has 0 saturated heterocycles. The average molecular weight is 223 g/mol. The van der Waals surface area contributed by atoms with Gasteiger partial charge < -0.3 is 14.8 Å². The van der Waals surface area contributed by atoms with E-state index in [0.717, 1.165) is 37.5 Å². The van der Waals surface area contributed by atoms with Crippen molar-refractivity contribution in [3.05, 3.63) is 23.8 Å². The van der Waals surface area contributed by atoms with Gasteiger partial charge in [-0.05, 0) is 50.2 Å². The van der Waals surface area contributed by atoms with Crippen molar-refractivity contribution in [2.45, 2.75) is 19.8 Å². The lowest BCUT2D eigenvalue weighted by molar-refractivity contribution is 0.316. The summed E-state index contributed by atoms with van der Waals surface area (Å²) < 4.78 is 10.9. The normalized spacial score (nSPS) is 10.2. The van der Waals surface area contributed by atoms with Crippen molar-refractivity contribution in [2.24, 2.45) is 0 Å². The first-order valence-corrected chi connectivity index (χ1v) is 5.76. The average Bonchev–Trinajstić information content (AvgIpc) is 2.33. The van der Waals surface area contributed by atoms with E-state index in [2.05, 4.69) is 18.3 Å². The Morgan fingerprint density at radius 3 is 2.75 bits per heavy atom. The van der Waals surface area contributed by atoms with Crippen LogP contribution in [0.5, 0.6) is 11.5 Å². The molecule has 3 heteroatoms. The Morgan fingerprint density at radius 1 is 1.31 bits per heavy atom. The molecule has 1 aromatic rings. The fourth-order valence-corrected chi connectivity index (χ4v) is 1.52. The van der Waals surface area contributed by atoms with Gasteiger partial charge in [-0.15, -0.1) is 0 Å². The standard InChI is InChI=1S/C13H21NO2/c1-4-9-16-12-5-6-13(15-3)11(10-12)7-8-14-2/h5-6,10,14H,4,7-9H2,1-3H3. The van der Waals surface area contributed by atoms with Gasteiger partial charge >= 0.3 is 0 Å².